The van der Waals surface area contributed by atoms with Crippen LogP contribution in [-0.4, -0.2) is 54.1 Å². The highest BCUT2D eigenvalue weighted by Gasteiger charge is 2.23. The van der Waals surface area contributed by atoms with Crippen LogP contribution in [0.1, 0.15) is 110 Å². The second kappa shape index (κ2) is 16.3. The van der Waals surface area contributed by atoms with Crippen LogP contribution in [0.15, 0.2) is 46.9 Å². The van der Waals surface area contributed by atoms with Crippen molar-refractivity contribution in [2.24, 2.45) is 0 Å². The second-order valence-electron chi connectivity index (χ2n) is 10.9. The van der Waals surface area contributed by atoms with Gasteiger partial charge < -0.3 is 19.2 Å². The Kier molecular flexibility index (Phi) is 12.9. The Morgan fingerprint density at radius 2 is 1.50 bits per heavy atom. The molecule has 1 N–H and O–H groups in total. The number of aliphatic hydroxyl groups excluding tert-OH is 1. The average Bonchev–Trinajstić information content (AvgIpc) is 3.31. The molecule has 0 saturated heterocycles. The summed E-state index contributed by atoms with van der Waals surface area (Å²) in [6, 6.07) is 13.0. The number of ketones is 1. The number of unbranched alkanes of at least 4 members (excludes halogenated alkanes) is 3. The maximum Gasteiger partial charge on any atom is 0.338 e. The Bertz CT molecular complexity index is 1200. The van der Waals surface area contributed by atoms with Gasteiger partial charge >= 0.3 is 5.97 Å². The standard InChI is InChI=1S/C34H47NO5/c1-5-7-20-35(21-8-6-2)22-11-12-26-14-16-27(17-15-26)33(37)32-29-24-28(34(38)39-25(3)4)18-19-30(29)40-31(32)13-9-10-23-36/h14-19,24-25,36H,5-13,20-23H2,1-4H3. The number of nitrogens with zero attached hydrogens (tertiary/aromatic N) is 1. The number of benzene rings is 2. The van der Waals surface area contributed by atoms with Crippen LogP contribution >= 0.6 is 0 Å². The third-order valence-electron chi connectivity index (χ3n) is 7.19. The summed E-state index contributed by atoms with van der Waals surface area (Å²) in [5.41, 5.74) is 3.26. The van der Waals surface area contributed by atoms with Crippen molar-refractivity contribution in [3.8, 4) is 0 Å². The number of fused-ring (bicyclic) bond motifs is 1. The first-order valence-corrected chi connectivity index (χ1v) is 15.1. The van der Waals surface area contributed by atoms with E-state index in [9.17, 15) is 14.7 Å². The topological polar surface area (TPSA) is 80.0 Å². The molecule has 0 fully saturated rings. The fourth-order valence-electron chi connectivity index (χ4n) is 4.95. The van der Waals surface area contributed by atoms with Crippen molar-refractivity contribution in [2.75, 3.05) is 26.2 Å². The van der Waals surface area contributed by atoms with Crippen LogP contribution in [0.2, 0.25) is 0 Å². The molecule has 0 unspecified atom stereocenters. The molecule has 2 aromatic carbocycles. The number of carbonyl (C=O) groups excluding carboxylic acids is 2. The van der Waals surface area contributed by atoms with Crippen molar-refractivity contribution in [3.05, 3.63) is 70.5 Å². The van der Waals surface area contributed by atoms with Gasteiger partial charge in [0.25, 0.3) is 0 Å². The SMILES string of the molecule is CCCCN(CCCC)CCCc1ccc(C(=O)c2c(CCCCO)oc3ccc(C(=O)OC(C)C)cc23)cc1. The molecule has 0 radical (unpaired) electrons. The normalized spacial score (nSPS) is 11.6. The maximum absolute atomic E-state index is 13.8. The highest BCUT2D eigenvalue weighted by atomic mass is 16.5. The first kappa shape index (κ1) is 31.6. The third kappa shape index (κ3) is 9.03. The Hall–Kier alpha value is -2.96. The summed E-state index contributed by atoms with van der Waals surface area (Å²) in [6.07, 6.45) is 8.61. The summed E-state index contributed by atoms with van der Waals surface area (Å²) in [5, 5.41) is 9.87. The summed E-state index contributed by atoms with van der Waals surface area (Å²) < 4.78 is 11.5. The highest BCUT2D eigenvalue weighted by Crippen LogP contribution is 2.31. The number of rotatable bonds is 18. The number of esters is 1. The van der Waals surface area contributed by atoms with E-state index in [4.69, 9.17) is 9.15 Å². The van der Waals surface area contributed by atoms with Gasteiger partial charge in [0.15, 0.2) is 5.78 Å². The molecule has 0 atom stereocenters. The van der Waals surface area contributed by atoms with Crippen molar-refractivity contribution >= 4 is 22.7 Å². The molecule has 0 spiro atoms. The molecule has 6 heteroatoms. The van der Waals surface area contributed by atoms with Crippen LogP contribution in [0.4, 0.5) is 0 Å². The summed E-state index contributed by atoms with van der Waals surface area (Å²) in [6.45, 7) is 11.6. The van der Waals surface area contributed by atoms with E-state index in [-0.39, 0.29) is 18.5 Å². The predicted octanol–water partition coefficient (Wildman–Crippen LogP) is 7.38. The lowest BCUT2D eigenvalue weighted by Gasteiger charge is -2.21. The highest BCUT2D eigenvalue weighted by molar-refractivity contribution is 6.17. The van der Waals surface area contributed by atoms with E-state index in [0.29, 0.717) is 52.7 Å². The van der Waals surface area contributed by atoms with Crippen molar-refractivity contribution in [2.45, 2.75) is 91.6 Å². The van der Waals surface area contributed by atoms with Crippen LogP contribution in [0.5, 0.6) is 0 Å². The number of aryl methyl sites for hydroxylation is 2. The molecule has 40 heavy (non-hydrogen) atoms. The van der Waals surface area contributed by atoms with Gasteiger partial charge in [0.05, 0.1) is 17.2 Å². The Balaban J connectivity index is 1.79. The van der Waals surface area contributed by atoms with E-state index in [2.05, 4.69) is 30.9 Å². The maximum atomic E-state index is 13.8. The van der Waals surface area contributed by atoms with Gasteiger partial charge in [-0.1, -0.05) is 51.0 Å². The largest absolute Gasteiger partial charge is 0.460 e. The quantitative estimate of drug-likeness (QED) is 0.101. The minimum atomic E-state index is -0.425. The zero-order valence-corrected chi connectivity index (χ0v) is 24.8. The van der Waals surface area contributed by atoms with Gasteiger partial charge in [-0.05, 0) is 95.8 Å². The van der Waals surface area contributed by atoms with E-state index in [1.54, 1.807) is 32.0 Å². The number of aliphatic hydroxyl groups is 1. The average molecular weight is 550 g/mol. The minimum absolute atomic E-state index is 0.0884. The van der Waals surface area contributed by atoms with Gasteiger partial charge in [-0.2, -0.15) is 0 Å². The van der Waals surface area contributed by atoms with Crippen molar-refractivity contribution < 1.29 is 23.8 Å². The lowest BCUT2D eigenvalue weighted by Crippen LogP contribution is -2.27. The van der Waals surface area contributed by atoms with Gasteiger partial charge in [0.1, 0.15) is 11.3 Å². The van der Waals surface area contributed by atoms with Crippen molar-refractivity contribution in [1.29, 1.82) is 0 Å². The van der Waals surface area contributed by atoms with E-state index in [1.165, 1.54) is 44.3 Å². The first-order valence-electron chi connectivity index (χ1n) is 15.1. The molecule has 6 nitrogen and oxygen atoms in total. The Morgan fingerprint density at radius 1 is 0.850 bits per heavy atom. The van der Waals surface area contributed by atoms with Crippen LogP contribution in [-0.2, 0) is 17.6 Å². The number of ether oxygens (including phenoxy) is 1. The van der Waals surface area contributed by atoms with E-state index >= 15 is 0 Å². The molecule has 218 valence electrons. The van der Waals surface area contributed by atoms with E-state index in [0.717, 1.165) is 19.4 Å². The fraction of sp³-hybridized carbons (Fsp3) is 0.529. The Labute approximate surface area is 239 Å². The van der Waals surface area contributed by atoms with Gasteiger partial charge in [0.2, 0.25) is 0 Å². The van der Waals surface area contributed by atoms with Crippen LogP contribution in [0.3, 0.4) is 0 Å². The molecule has 1 heterocycles. The van der Waals surface area contributed by atoms with Gasteiger partial charge in [-0.15, -0.1) is 0 Å². The molecule has 1 aromatic heterocycles. The monoisotopic (exact) mass is 549 g/mol. The van der Waals surface area contributed by atoms with Gasteiger partial charge in [0, 0.05) is 24.0 Å². The number of hydrogen-bond donors (Lipinski definition) is 1. The van der Waals surface area contributed by atoms with Crippen LogP contribution < -0.4 is 0 Å². The molecule has 0 aliphatic carbocycles. The summed E-state index contributed by atoms with van der Waals surface area (Å²) in [4.78, 5) is 29.0. The summed E-state index contributed by atoms with van der Waals surface area (Å²) in [7, 11) is 0. The number of hydrogen-bond acceptors (Lipinski definition) is 6. The minimum Gasteiger partial charge on any atom is -0.460 e. The van der Waals surface area contributed by atoms with Crippen LogP contribution in [0.25, 0.3) is 11.0 Å². The molecule has 3 rings (SSSR count). The lowest BCUT2D eigenvalue weighted by molar-refractivity contribution is 0.0378. The molecule has 0 aliphatic heterocycles. The molecular weight excluding hydrogens is 502 g/mol. The molecule has 3 aromatic rings. The molecule has 0 saturated carbocycles. The molecular formula is C34H47NO5. The third-order valence-corrected chi connectivity index (χ3v) is 7.19. The molecule has 0 aliphatic rings. The number of carbonyl (C=O) groups is 2. The summed E-state index contributed by atoms with van der Waals surface area (Å²) in [5.74, 6) is 0.0424. The van der Waals surface area contributed by atoms with Gasteiger partial charge in [-0.3, -0.25) is 4.79 Å². The summed E-state index contributed by atoms with van der Waals surface area (Å²) >= 11 is 0. The van der Waals surface area contributed by atoms with Crippen LogP contribution in [0, 0.1) is 0 Å². The fourth-order valence-corrected chi connectivity index (χ4v) is 4.95. The smallest absolute Gasteiger partial charge is 0.338 e. The van der Waals surface area contributed by atoms with Gasteiger partial charge in [-0.25, -0.2) is 4.79 Å². The zero-order chi connectivity index (χ0) is 28.9. The Morgan fingerprint density at radius 3 is 2.12 bits per heavy atom. The first-order chi connectivity index (χ1) is 19.4. The second-order valence-corrected chi connectivity index (χ2v) is 10.9. The van der Waals surface area contributed by atoms with E-state index in [1.807, 2.05) is 12.1 Å². The van der Waals surface area contributed by atoms with E-state index < -0.39 is 5.97 Å². The molecule has 0 amide bonds. The molecule has 0 bridgehead atoms. The van der Waals surface area contributed by atoms with Crippen molar-refractivity contribution in [3.63, 3.8) is 0 Å². The van der Waals surface area contributed by atoms with Crippen molar-refractivity contribution in [1.82, 2.24) is 4.90 Å². The zero-order valence-electron chi connectivity index (χ0n) is 24.8. The lowest BCUT2D eigenvalue weighted by atomic mass is 9.96. The predicted molar refractivity (Wildman–Crippen MR) is 161 cm³/mol. The number of furan rings is 1.